The molecule has 8 nitrogen and oxygen atoms in total. The number of halogens is 1. The van der Waals surface area contributed by atoms with Crippen LogP contribution in [0.25, 0.3) is 10.9 Å². The first-order valence-corrected chi connectivity index (χ1v) is 13.2. The number of aromatic amines is 1. The number of fused-ring (bicyclic) bond motifs is 1. The first-order chi connectivity index (χ1) is 18.5. The van der Waals surface area contributed by atoms with Gasteiger partial charge in [0.2, 0.25) is 17.7 Å². The van der Waals surface area contributed by atoms with Crippen molar-refractivity contribution in [3.63, 3.8) is 0 Å². The average molecular weight is 534 g/mol. The van der Waals surface area contributed by atoms with Crippen LogP contribution in [-0.2, 0) is 11.2 Å². The number of amides is 1. The molecule has 2 N–H and O–H groups in total. The van der Waals surface area contributed by atoms with Gasteiger partial charge in [-0.1, -0.05) is 41.9 Å². The Morgan fingerprint density at radius 2 is 1.76 bits per heavy atom. The molecule has 2 aromatic heterocycles. The second kappa shape index (κ2) is 11.8. The Bertz CT molecular complexity index is 1360. The van der Waals surface area contributed by atoms with Crippen molar-refractivity contribution in [1.29, 1.82) is 0 Å². The van der Waals surface area contributed by atoms with Crippen LogP contribution >= 0.6 is 11.6 Å². The van der Waals surface area contributed by atoms with Gasteiger partial charge in [0.25, 0.3) is 0 Å². The second-order valence-electron chi connectivity index (χ2n) is 9.53. The van der Waals surface area contributed by atoms with Gasteiger partial charge in [-0.2, -0.15) is 9.97 Å². The van der Waals surface area contributed by atoms with Gasteiger partial charge in [0.05, 0.1) is 20.3 Å². The molecule has 3 heterocycles. The molecule has 0 spiro atoms. The fourth-order valence-corrected chi connectivity index (χ4v) is 5.13. The highest BCUT2D eigenvalue weighted by Crippen LogP contribution is 2.27. The normalized spacial score (nSPS) is 15.3. The number of methoxy groups -OCH3 is 2. The minimum absolute atomic E-state index is 0.00776. The third-order valence-electron chi connectivity index (χ3n) is 7.19. The number of hydrogen-bond donors (Lipinski definition) is 2. The van der Waals surface area contributed by atoms with Gasteiger partial charge in [-0.25, -0.2) is 0 Å². The smallest absolute Gasteiger partial charge is 0.224 e. The van der Waals surface area contributed by atoms with Crippen molar-refractivity contribution < 1.29 is 14.3 Å². The monoisotopic (exact) mass is 533 g/mol. The van der Waals surface area contributed by atoms with Crippen molar-refractivity contribution in [2.24, 2.45) is 5.92 Å². The number of H-pyrrole nitrogens is 1. The maximum atomic E-state index is 13.5. The summed E-state index contributed by atoms with van der Waals surface area (Å²) in [5.74, 6) is 1.04. The van der Waals surface area contributed by atoms with E-state index in [1.807, 2.05) is 18.2 Å². The van der Waals surface area contributed by atoms with Gasteiger partial charge < -0.3 is 24.7 Å². The molecule has 0 radical (unpaired) electrons. The van der Waals surface area contributed by atoms with Gasteiger partial charge in [-0.3, -0.25) is 4.79 Å². The van der Waals surface area contributed by atoms with Crippen molar-refractivity contribution in [3.8, 4) is 11.8 Å². The maximum absolute atomic E-state index is 13.5. The highest BCUT2D eigenvalue weighted by Gasteiger charge is 2.29. The van der Waals surface area contributed by atoms with Crippen molar-refractivity contribution in [1.82, 2.24) is 25.2 Å². The zero-order valence-corrected chi connectivity index (χ0v) is 22.4. The number of ether oxygens (including phenoxy) is 2. The molecule has 1 amide bonds. The van der Waals surface area contributed by atoms with E-state index in [2.05, 4.69) is 49.6 Å². The van der Waals surface area contributed by atoms with E-state index in [9.17, 15) is 4.79 Å². The van der Waals surface area contributed by atoms with Crippen LogP contribution < -0.4 is 14.8 Å². The highest BCUT2D eigenvalue weighted by atomic mass is 35.5. The molecular formula is C29H32ClN5O3. The van der Waals surface area contributed by atoms with Crippen LogP contribution in [0, 0.1) is 5.92 Å². The molecule has 1 atom stereocenters. The number of likely N-dealkylation sites (tertiary alicyclic amines) is 1. The summed E-state index contributed by atoms with van der Waals surface area (Å²) >= 11 is 6.12. The van der Waals surface area contributed by atoms with Crippen LogP contribution in [0.5, 0.6) is 11.8 Å². The summed E-state index contributed by atoms with van der Waals surface area (Å²) < 4.78 is 10.7. The van der Waals surface area contributed by atoms with Crippen molar-refractivity contribution in [2.45, 2.75) is 25.3 Å². The van der Waals surface area contributed by atoms with E-state index in [1.54, 1.807) is 18.2 Å². The first-order valence-electron chi connectivity index (χ1n) is 12.8. The number of rotatable bonds is 9. The predicted octanol–water partition coefficient (Wildman–Crippen LogP) is 4.79. The van der Waals surface area contributed by atoms with Crippen LogP contribution in [0.2, 0.25) is 5.02 Å². The molecule has 1 unspecified atom stereocenters. The zero-order valence-electron chi connectivity index (χ0n) is 21.6. The van der Waals surface area contributed by atoms with Gasteiger partial charge in [-0.05, 0) is 61.7 Å². The van der Waals surface area contributed by atoms with Crippen LogP contribution in [0.1, 0.15) is 35.8 Å². The number of para-hydroxylation sites is 1. The minimum Gasteiger partial charge on any atom is -0.481 e. The molecule has 4 aromatic rings. The van der Waals surface area contributed by atoms with Crippen LogP contribution in [-0.4, -0.2) is 59.6 Å². The van der Waals surface area contributed by atoms with E-state index in [0.29, 0.717) is 22.6 Å². The molecular weight excluding hydrogens is 502 g/mol. The third kappa shape index (κ3) is 5.92. The molecule has 9 heteroatoms. The van der Waals surface area contributed by atoms with Gasteiger partial charge in [0, 0.05) is 34.6 Å². The number of carbonyl (C=O) groups excluding carboxylic acids is 1. The number of carbonyl (C=O) groups is 1. The second-order valence-corrected chi connectivity index (χ2v) is 9.97. The van der Waals surface area contributed by atoms with Crippen LogP contribution in [0.15, 0.2) is 60.8 Å². The molecule has 38 heavy (non-hydrogen) atoms. The molecule has 0 saturated carbocycles. The number of nitrogens with zero attached hydrogens (tertiary/aromatic N) is 3. The number of piperidine rings is 1. The Hall–Kier alpha value is -3.62. The number of aromatic nitrogens is 3. The summed E-state index contributed by atoms with van der Waals surface area (Å²) in [4.78, 5) is 28.3. The fraction of sp³-hybridized carbons (Fsp3) is 0.345. The minimum atomic E-state index is -0.566. The first kappa shape index (κ1) is 26.0. The predicted molar refractivity (Wildman–Crippen MR) is 148 cm³/mol. The van der Waals surface area contributed by atoms with E-state index in [4.69, 9.17) is 21.1 Å². The van der Waals surface area contributed by atoms with Gasteiger partial charge in [-0.15, -0.1) is 0 Å². The summed E-state index contributed by atoms with van der Waals surface area (Å²) in [5.41, 5.74) is 3.33. The SMILES string of the molecule is COc1cc(OC)nc(C(NC(=O)C2CCN(CCc3c[nH]c4ccccc34)CC2)c2ccc(Cl)cc2)n1. The Balaban J connectivity index is 1.24. The Kier molecular flexibility index (Phi) is 8.10. The van der Waals surface area contributed by atoms with E-state index in [0.717, 1.165) is 44.5 Å². The molecule has 1 aliphatic rings. The molecule has 0 bridgehead atoms. The Morgan fingerprint density at radius 3 is 2.45 bits per heavy atom. The van der Waals surface area contributed by atoms with Crippen molar-refractivity contribution in [3.05, 3.63) is 82.8 Å². The number of hydrogen-bond acceptors (Lipinski definition) is 6. The molecule has 5 rings (SSSR count). The molecule has 198 valence electrons. The van der Waals surface area contributed by atoms with E-state index >= 15 is 0 Å². The Morgan fingerprint density at radius 1 is 1.08 bits per heavy atom. The summed E-state index contributed by atoms with van der Waals surface area (Å²) in [6.45, 7) is 2.74. The molecule has 1 aliphatic heterocycles. The summed E-state index contributed by atoms with van der Waals surface area (Å²) in [5, 5.41) is 5.09. The number of nitrogens with one attached hydrogen (secondary N) is 2. The molecule has 0 aliphatic carbocycles. The summed E-state index contributed by atoms with van der Waals surface area (Å²) in [7, 11) is 3.07. The lowest BCUT2D eigenvalue weighted by Gasteiger charge is -2.32. The highest BCUT2D eigenvalue weighted by molar-refractivity contribution is 6.30. The van der Waals surface area contributed by atoms with Gasteiger partial charge in [0.1, 0.15) is 6.04 Å². The molecule has 1 saturated heterocycles. The van der Waals surface area contributed by atoms with E-state index in [1.165, 1.54) is 30.7 Å². The average Bonchev–Trinajstić information content (AvgIpc) is 3.38. The van der Waals surface area contributed by atoms with E-state index < -0.39 is 6.04 Å². The number of benzene rings is 2. The summed E-state index contributed by atoms with van der Waals surface area (Å²) in [6, 6.07) is 16.8. The maximum Gasteiger partial charge on any atom is 0.224 e. The Labute approximate surface area is 227 Å². The lowest BCUT2D eigenvalue weighted by Crippen LogP contribution is -2.42. The fourth-order valence-electron chi connectivity index (χ4n) is 5.01. The molecule has 1 fully saturated rings. The quantitative estimate of drug-likeness (QED) is 0.321. The largest absolute Gasteiger partial charge is 0.481 e. The lowest BCUT2D eigenvalue weighted by molar-refractivity contribution is -0.127. The van der Waals surface area contributed by atoms with Gasteiger partial charge >= 0.3 is 0 Å². The van der Waals surface area contributed by atoms with Crippen LogP contribution in [0.4, 0.5) is 0 Å². The standard InChI is InChI=1S/C29H32ClN5O3/c1-37-25-17-26(38-2)33-28(32-25)27(19-7-9-22(30)10-8-19)34-29(36)20-11-14-35(15-12-20)16-13-21-18-31-24-6-4-3-5-23(21)24/h3-10,17-18,20,27,31H,11-16H2,1-2H3,(H,34,36). The molecule has 2 aromatic carbocycles. The van der Waals surface area contributed by atoms with Crippen molar-refractivity contribution >= 4 is 28.4 Å². The van der Waals surface area contributed by atoms with Gasteiger partial charge in [0.15, 0.2) is 5.82 Å². The van der Waals surface area contributed by atoms with E-state index in [-0.39, 0.29) is 11.8 Å². The third-order valence-corrected chi connectivity index (χ3v) is 7.45. The van der Waals surface area contributed by atoms with Crippen LogP contribution in [0.3, 0.4) is 0 Å². The topological polar surface area (TPSA) is 92.4 Å². The lowest BCUT2D eigenvalue weighted by atomic mass is 9.94. The zero-order chi connectivity index (χ0) is 26.5. The summed E-state index contributed by atoms with van der Waals surface area (Å²) in [6.07, 6.45) is 4.69. The van der Waals surface area contributed by atoms with Crippen molar-refractivity contribution in [2.75, 3.05) is 33.9 Å².